The standard InChI is InChI=1S/C16H26N2O2S/c1-15(2,3)20-14(19)18-9-7-16(4,8-10-18)17-12-13-6-5-11-21-13/h5-6,11,17H,7-10,12H2,1-4H3. The van der Waals surface area contributed by atoms with E-state index in [0.29, 0.717) is 0 Å². The fourth-order valence-electron chi connectivity index (χ4n) is 2.40. The van der Waals surface area contributed by atoms with Gasteiger partial charge in [0, 0.05) is 30.1 Å². The lowest BCUT2D eigenvalue weighted by molar-refractivity contribution is 0.0157. The molecule has 0 aliphatic carbocycles. The molecule has 1 aromatic rings. The summed E-state index contributed by atoms with van der Waals surface area (Å²) in [6.45, 7) is 10.4. The number of nitrogens with one attached hydrogen (secondary N) is 1. The summed E-state index contributed by atoms with van der Waals surface area (Å²) in [4.78, 5) is 15.2. The summed E-state index contributed by atoms with van der Waals surface area (Å²) in [6, 6.07) is 4.23. The van der Waals surface area contributed by atoms with Gasteiger partial charge in [0.15, 0.2) is 0 Å². The minimum atomic E-state index is -0.421. The molecule has 1 amide bonds. The van der Waals surface area contributed by atoms with E-state index < -0.39 is 5.60 Å². The molecule has 0 spiro atoms. The lowest BCUT2D eigenvalue weighted by Crippen LogP contribution is -2.52. The quantitative estimate of drug-likeness (QED) is 0.927. The van der Waals surface area contributed by atoms with E-state index in [1.54, 1.807) is 11.3 Å². The van der Waals surface area contributed by atoms with Gasteiger partial charge in [0.25, 0.3) is 0 Å². The second kappa shape index (κ2) is 6.36. The monoisotopic (exact) mass is 310 g/mol. The van der Waals surface area contributed by atoms with E-state index in [9.17, 15) is 4.79 Å². The number of rotatable bonds is 3. The topological polar surface area (TPSA) is 41.6 Å². The summed E-state index contributed by atoms with van der Waals surface area (Å²) < 4.78 is 5.43. The summed E-state index contributed by atoms with van der Waals surface area (Å²) in [7, 11) is 0. The normalized spacial score (nSPS) is 18.6. The fraction of sp³-hybridized carbons (Fsp3) is 0.688. The molecule has 2 heterocycles. The molecule has 0 saturated carbocycles. The molecule has 0 unspecified atom stereocenters. The number of piperidine rings is 1. The third-order valence-corrected chi connectivity index (χ3v) is 4.66. The van der Waals surface area contributed by atoms with Crippen molar-refractivity contribution >= 4 is 17.4 Å². The van der Waals surface area contributed by atoms with Gasteiger partial charge in [-0.15, -0.1) is 11.3 Å². The van der Waals surface area contributed by atoms with Gasteiger partial charge in [0.05, 0.1) is 0 Å². The third-order valence-electron chi connectivity index (χ3n) is 3.79. The van der Waals surface area contributed by atoms with Gasteiger partial charge in [-0.3, -0.25) is 0 Å². The highest BCUT2D eigenvalue weighted by atomic mass is 32.1. The first-order chi connectivity index (χ1) is 9.77. The Morgan fingerprint density at radius 3 is 2.62 bits per heavy atom. The number of ether oxygens (including phenoxy) is 1. The van der Waals surface area contributed by atoms with E-state index in [1.807, 2.05) is 25.7 Å². The summed E-state index contributed by atoms with van der Waals surface area (Å²) in [6.07, 6.45) is 1.72. The number of amides is 1. The summed E-state index contributed by atoms with van der Waals surface area (Å²) in [5.74, 6) is 0. The van der Waals surface area contributed by atoms with Gasteiger partial charge in [-0.1, -0.05) is 6.07 Å². The maximum Gasteiger partial charge on any atom is 0.410 e. The molecule has 1 aliphatic heterocycles. The van der Waals surface area contributed by atoms with Gasteiger partial charge in [0.2, 0.25) is 0 Å². The van der Waals surface area contributed by atoms with E-state index in [-0.39, 0.29) is 11.6 Å². The van der Waals surface area contributed by atoms with E-state index in [1.165, 1.54) is 4.88 Å². The maximum atomic E-state index is 12.1. The minimum absolute atomic E-state index is 0.0997. The fourth-order valence-corrected chi connectivity index (χ4v) is 3.04. The summed E-state index contributed by atoms with van der Waals surface area (Å²) in [5, 5.41) is 5.74. The van der Waals surface area contributed by atoms with Crippen molar-refractivity contribution in [1.82, 2.24) is 10.2 Å². The number of carbonyl (C=O) groups excluding carboxylic acids is 1. The van der Waals surface area contributed by atoms with Gasteiger partial charge >= 0.3 is 6.09 Å². The van der Waals surface area contributed by atoms with Gasteiger partial charge in [0.1, 0.15) is 5.60 Å². The van der Waals surface area contributed by atoms with Gasteiger partial charge in [-0.25, -0.2) is 4.79 Å². The average molecular weight is 310 g/mol. The van der Waals surface area contributed by atoms with Gasteiger partial charge in [-0.05, 0) is 52.0 Å². The van der Waals surface area contributed by atoms with Crippen LogP contribution in [-0.4, -0.2) is 35.2 Å². The van der Waals surface area contributed by atoms with Crippen molar-refractivity contribution in [2.24, 2.45) is 0 Å². The highest BCUT2D eigenvalue weighted by molar-refractivity contribution is 7.09. The van der Waals surface area contributed by atoms with E-state index in [4.69, 9.17) is 4.74 Å². The molecule has 118 valence electrons. The van der Waals surface area contributed by atoms with Crippen LogP contribution < -0.4 is 5.32 Å². The van der Waals surface area contributed by atoms with Gasteiger partial charge < -0.3 is 15.0 Å². The first-order valence-electron chi connectivity index (χ1n) is 7.53. The number of hydrogen-bond donors (Lipinski definition) is 1. The van der Waals surface area contributed by atoms with Crippen LogP contribution in [0.1, 0.15) is 45.4 Å². The van der Waals surface area contributed by atoms with Crippen LogP contribution >= 0.6 is 11.3 Å². The van der Waals surface area contributed by atoms with Crippen molar-refractivity contribution in [1.29, 1.82) is 0 Å². The first-order valence-corrected chi connectivity index (χ1v) is 8.41. The van der Waals surface area contributed by atoms with Crippen LogP contribution in [0.25, 0.3) is 0 Å². The highest BCUT2D eigenvalue weighted by Gasteiger charge is 2.33. The number of hydrogen-bond acceptors (Lipinski definition) is 4. The van der Waals surface area contributed by atoms with Crippen LogP contribution in [0, 0.1) is 0 Å². The van der Waals surface area contributed by atoms with Crippen molar-refractivity contribution in [2.75, 3.05) is 13.1 Å². The molecule has 21 heavy (non-hydrogen) atoms. The molecule has 2 rings (SSSR count). The molecule has 4 nitrogen and oxygen atoms in total. The van der Waals surface area contributed by atoms with E-state index in [0.717, 1.165) is 32.5 Å². The smallest absolute Gasteiger partial charge is 0.410 e. The third kappa shape index (κ3) is 5.00. The summed E-state index contributed by atoms with van der Waals surface area (Å²) in [5.41, 5.74) is -0.322. The Balaban J connectivity index is 1.80. The molecule has 0 aromatic carbocycles. The lowest BCUT2D eigenvalue weighted by Gasteiger charge is -2.40. The van der Waals surface area contributed by atoms with Crippen LogP contribution in [0.4, 0.5) is 4.79 Å². The molecular weight excluding hydrogens is 284 g/mol. The molecule has 1 N–H and O–H groups in total. The number of likely N-dealkylation sites (tertiary alicyclic amines) is 1. The number of nitrogens with zero attached hydrogens (tertiary/aromatic N) is 1. The zero-order valence-corrected chi connectivity index (χ0v) is 14.3. The molecule has 1 saturated heterocycles. The Labute approximate surface area is 131 Å². The van der Waals surface area contributed by atoms with Crippen LogP contribution in [0.3, 0.4) is 0 Å². The Bertz CT molecular complexity index is 457. The van der Waals surface area contributed by atoms with Crippen molar-refractivity contribution in [3.8, 4) is 0 Å². The number of carbonyl (C=O) groups is 1. The zero-order chi connectivity index (χ0) is 15.5. The molecule has 5 heteroatoms. The maximum absolute atomic E-state index is 12.1. The van der Waals surface area contributed by atoms with Gasteiger partial charge in [-0.2, -0.15) is 0 Å². The molecule has 1 aromatic heterocycles. The largest absolute Gasteiger partial charge is 0.444 e. The predicted molar refractivity (Wildman–Crippen MR) is 86.6 cm³/mol. The second-order valence-corrected chi connectivity index (χ2v) is 7.99. The Morgan fingerprint density at radius 1 is 1.43 bits per heavy atom. The molecule has 1 aliphatic rings. The Morgan fingerprint density at radius 2 is 2.10 bits per heavy atom. The SMILES string of the molecule is CC1(NCc2cccs2)CCN(C(=O)OC(C)(C)C)CC1. The first kappa shape index (κ1) is 16.3. The van der Waals surface area contributed by atoms with E-state index in [2.05, 4.69) is 29.8 Å². The Kier molecular flexibility index (Phi) is 4.94. The Hall–Kier alpha value is -1.07. The van der Waals surface area contributed by atoms with Crippen molar-refractivity contribution in [2.45, 2.75) is 58.2 Å². The van der Waals surface area contributed by atoms with Crippen molar-refractivity contribution < 1.29 is 9.53 Å². The average Bonchev–Trinajstić information content (AvgIpc) is 2.88. The van der Waals surface area contributed by atoms with E-state index >= 15 is 0 Å². The van der Waals surface area contributed by atoms with Crippen LogP contribution in [0.5, 0.6) is 0 Å². The highest BCUT2D eigenvalue weighted by Crippen LogP contribution is 2.24. The number of thiophene rings is 1. The molecule has 0 bridgehead atoms. The molecule has 1 fully saturated rings. The molecule has 0 atom stereocenters. The van der Waals surface area contributed by atoms with Crippen molar-refractivity contribution in [3.05, 3.63) is 22.4 Å². The van der Waals surface area contributed by atoms with Crippen LogP contribution in [-0.2, 0) is 11.3 Å². The predicted octanol–water partition coefficient (Wildman–Crippen LogP) is 3.63. The van der Waals surface area contributed by atoms with Crippen molar-refractivity contribution in [3.63, 3.8) is 0 Å². The van der Waals surface area contributed by atoms with Crippen LogP contribution in [0.15, 0.2) is 17.5 Å². The van der Waals surface area contributed by atoms with Crippen LogP contribution in [0.2, 0.25) is 0 Å². The summed E-state index contributed by atoms with van der Waals surface area (Å²) >= 11 is 1.77. The minimum Gasteiger partial charge on any atom is -0.444 e. The lowest BCUT2D eigenvalue weighted by atomic mass is 9.89. The zero-order valence-electron chi connectivity index (χ0n) is 13.4. The molecular formula is C16H26N2O2S. The molecule has 0 radical (unpaired) electrons. The second-order valence-electron chi connectivity index (χ2n) is 6.96.